The molecule has 0 aromatic carbocycles. The third kappa shape index (κ3) is 4.38. The van der Waals surface area contributed by atoms with E-state index in [-0.39, 0.29) is 35.8 Å². The van der Waals surface area contributed by atoms with E-state index >= 15 is 0 Å². The second kappa shape index (κ2) is 5.05. The topological polar surface area (TPSA) is 96.7 Å². The van der Waals surface area contributed by atoms with E-state index in [1.165, 1.54) is 0 Å². The first-order chi connectivity index (χ1) is 7.38. The van der Waals surface area contributed by atoms with Crippen LogP contribution in [0, 0.1) is 0 Å². The summed E-state index contributed by atoms with van der Waals surface area (Å²) in [4.78, 5) is 14.7. The van der Waals surface area contributed by atoms with Crippen molar-refractivity contribution in [3.8, 4) is 0 Å². The SMILES string of the molecule is Nc1n[nH]c(C(=O)NCCSC(F)(F)F)n1. The van der Waals surface area contributed by atoms with Crippen LogP contribution in [-0.4, -0.2) is 38.9 Å². The summed E-state index contributed by atoms with van der Waals surface area (Å²) >= 11 is -0.210. The molecule has 4 N–H and O–H groups in total. The first kappa shape index (κ1) is 12.6. The molecule has 1 heterocycles. The zero-order valence-corrected chi connectivity index (χ0v) is 8.65. The summed E-state index contributed by atoms with van der Waals surface area (Å²) in [6.07, 6.45) is 0. The van der Waals surface area contributed by atoms with Crippen molar-refractivity contribution in [3.63, 3.8) is 0 Å². The Morgan fingerprint density at radius 1 is 1.56 bits per heavy atom. The number of carbonyl (C=O) groups is 1. The van der Waals surface area contributed by atoms with Crippen molar-refractivity contribution in [1.82, 2.24) is 20.5 Å². The lowest BCUT2D eigenvalue weighted by Crippen LogP contribution is -2.27. The number of nitrogens with one attached hydrogen (secondary N) is 2. The molecule has 0 aliphatic carbocycles. The lowest BCUT2D eigenvalue weighted by Gasteiger charge is -2.05. The molecule has 0 aliphatic rings. The van der Waals surface area contributed by atoms with Crippen LogP contribution >= 0.6 is 11.8 Å². The summed E-state index contributed by atoms with van der Waals surface area (Å²) in [5.74, 6) is -1.14. The minimum atomic E-state index is -4.29. The molecule has 0 saturated carbocycles. The molecule has 10 heteroatoms. The van der Waals surface area contributed by atoms with Gasteiger partial charge in [-0.2, -0.15) is 18.2 Å². The minimum absolute atomic E-state index is 0.102. The number of halogens is 3. The van der Waals surface area contributed by atoms with Gasteiger partial charge in [-0.15, -0.1) is 5.10 Å². The number of H-pyrrole nitrogens is 1. The van der Waals surface area contributed by atoms with Crippen molar-refractivity contribution in [2.24, 2.45) is 0 Å². The van der Waals surface area contributed by atoms with Gasteiger partial charge in [-0.05, 0) is 11.8 Å². The molecule has 1 aromatic heterocycles. The Labute approximate surface area is 92.2 Å². The number of nitrogen functional groups attached to an aromatic ring is 1. The quantitative estimate of drug-likeness (QED) is 0.675. The van der Waals surface area contributed by atoms with Crippen molar-refractivity contribution in [3.05, 3.63) is 5.82 Å². The van der Waals surface area contributed by atoms with Gasteiger partial charge >= 0.3 is 5.51 Å². The van der Waals surface area contributed by atoms with Gasteiger partial charge in [0.1, 0.15) is 0 Å². The van der Waals surface area contributed by atoms with Gasteiger partial charge in [-0.3, -0.25) is 9.89 Å². The van der Waals surface area contributed by atoms with Crippen LogP contribution in [0.1, 0.15) is 10.6 Å². The first-order valence-corrected chi connectivity index (χ1v) is 5.04. The van der Waals surface area contributed by atoms with E-state index in [1.807, 2.05) is 0 Å². The fourth-order valence-electron chi connectivity index (χ4n) is 0.791. The number of hydrogen-bond donors (Lipinski definition) is 3. The van der Waals surface area contributed by atoms with Crippen LogP contribution in [0.15, 0.2) is 0 Å². The average Bonchev–Trinajstić information content (AvgIpc) is 2.57. The molecular weight excluding hydrogens is 247 g/mol. The standard InChI is InChI=1S/C6H8F3N5OS/c7-6(8,9)16-2-1-11-4(15)3-12-5(10)14-13-3/h1-2H2,(H,11,15)(H3,10,12,13,14). The van der Waals surface area contributed by atoms with Crippen LogP contribution < -0.4 is 11.1 Å². The number of carbonyl (C=O) groups excluding carboxylic acids is 1. The van der Waals surface area contributed by atoms with Crippen LogP contribution in [0.25, 0.3) is 0 Å². The van der Waals surface area contributed by atoms with Gasteiger partial charge in [-0.1, -0.05) is 0 Å². The third-order valence-electron chi connectivity index (χ3n) is 1.37. The van der Waals surface area contributed by atoms with Crippen LogP contribution in [0.2, 0.25) is 0 Å². The molecule has 1 amide bonds. The van der Waals surface area contributed by atoms with Crippen LogP contribution in [0.3, 0.4) is 0 Å². The number of rotatable bonds is 4. The molecule has 0 spiro atoms. The number of aromatic amines is 1. The molecular formula is C6H8F3N5OS. The zero-order valence-electron chi connectivity index (χ0n) is 7.84. The second-order valence-corrected chi connectivity index (χ2v) is 3.75. The highest BCUT2D eigenvalue weighted by molar-refractivity contribution is 8.00. The van der Waals surface area contributed by atoms with Gasteiger partial charge in [-0.25, -0.2) is 0 Å². The monoisotopic (exact) mass is 255 g/mol. The normalized spacial score (nSPS) is 11.4. The molecule has 6 nitrogen and oxygen atoms in total. The average molecular weight is 255 g/mol. The van der Waals surface area contributed by atoms with E-state index < -0.39 is 11.4 Å². The Balaban J connectivity index is 2.26. The van der Waals surface area contributed by atoms with E-state index in [4.69, 9.17) is 5.73 Å². The Kier molecular flexibility index (Phi) is 3.99. The molecule has 0 bridgehead atoms. The number of thioether (sulfide) groups is 1. The van der Waals surface area contributed by atoms with Gasteiger partial charge < -0.3 is 11.1 Å². The van der Waals surface area contributed by atoms with Gasteiger partial charge in [0.2, 0.25) is 11.8 Å². The maximum absolute atomic E-state index is 11.7. The van der Waals surface area contributed by atoms with Crippen molar-refractivity contribution in [1.29, 1.82) is 0 Å². The molecule has 0 atom stereocenters. The molecule has 90 valence electrons. The third-order valence-corrected chi connectivity index (χ3v) is 2.11. The van der Waals surface area contributed by atoms with Gasteiger partial charge in [0, 0.05) is 12.3 Å². The van der Waals surface area contributed by atoms with Crippen molar-refractivity contribution in [2.75, 3.05) is 18.0 Å². The number of anilines is 1. The van der Waals surface area contributed by atoms with Gasteiger partial charge in [0.25, 0.3) is 5.91 Å². The highest BCUT2D eigenvalue weighted by Crippen LogP contribution is 2.29. The van der Waals surface area contributed by atoms with Crippen LogP contribution in [0.5, 0.6) is 0 Å². The lowest BCUT2D eigenvalue weighted by atomic mass is 10.5. The number of nitrogens with two attached hydrogens (primary N) is 1. The molecule has 0 saturated heterocycles. The number of aromatic nitrogens is 3. The molecule has 1 rings (SSSR count). The largest absolute Gasteiger partial charge is 0.441 e. The number of alkyl halides is 3. The Hall–Kier alpha value is -1.45. The maximum Gasteiger partial charge on any atom is 0.441 e. The summed E-state index contributed by atoms with van der Waals surface area (Å²) in [6, 6.07) is 0. The van der Waals surface area contributed by atoms with Gasteiger partial charge in [0.05, 0.1) is 0 Å². The number of nitrogens with zero attached hydrogens (tertiary/aromatic N) is 2. The molecule has 1 aromatic rings. The molecule has 0 radical (unpaired) electrons. The Morgan fingerprint density at radius 3 is 2.75 bits per heavy atom. The smallest absolute Gasteiger partial charge is 0.366 e. The van der Waals surface area contributed by atoms with Crippen LogP contribution in [-0.2, 0) is 0 Å². The lowest BCUT2D eigenvalue weighted by molar-refractivity contribution is -0.0327. The Morgan fingerprint density at radius 2 is 2.25 bits per heavy atom. The molecule has 0 fully saturated rings. The molecule has 16 heavy (non-hydrogen) atoms. The van der Waals surface area contributed by atoms with E-state index in [1.54, 1.807) is 0 Å². The zero-order chi connectivity index (χ0) is 12.2. The minimum Gasteiger partial charge on any atom is -0.366 e. The summed E-state index contributed by atoms with van der Waals surface area (Å²) in [7, 11) is 0. The van der Waals surface area contributed by atoms with Crippen molar-refractivity contribution >= 4 is 23.6 Å². The predicted octanol–water partition coefficient (Wildman–Crippen LogP) is 0.370. The van der Waals surface area contributed by atoms with Gasteiger partial charge in [0.15, 0.2) is 0 Å². The fraction of sp³-hybridized carbons (Fsp3) is 0.500. The summed E-state index contributed by atoms with van der Waals surface area (Å²) in [6.45, 7) is -0.121. The van der Waals surface area contributed by atoms with Crippen molar-refractivity contribution in [2.45, 2.75) is 5.51 Å². The van der Waals surface area contributed by atoms with E-state index in [0.717, 1.165) is 0 Å². The Bertz CT molecular complexity index is 365. The molecule has 0 unspecified atom stereocenters. The summed E-state index contributed by atoms with van der Waals surface area (Å²) < 4.78 is 35.1. The number of amides is 1. The van der Waals surface area contributed by atoms with Crippen LogP contribution in [0.4, 0.5) is 19.1 Å². The second-order valence-electron chi connectivity index (χ2n) is 2.59. The summed E-state index contributed by atoms with van der Waals surface area (Å²) in [5, 5.41) is 7.87. The number of hydrogen-bond acceptors (Lipinski definition) is 5. The highest BCUT2D eigenvalue weighted by atomic mass is 32.2. The predicted molar refractivity (Wildman–Crippen MR) is 51.6 cm³/mol. The van der Waals surface area contributed by atoms with Crippen molar-refractivity contribution < 1.29 is 18.0 Å². The first-order valence-electron chi connectivity index (χ1n) is 4.05. The highest BCUT2D eigenvalue weighted by Gasteiger charge is 2.27. The summed E-state index contributed by atoms with van der Waals surface area (Å²) in [5.41, 5.74) is 0.852. The van der Waals surface area contributed by atoms with E-state index in [2.05, 4.69) is 20.5 Å². The molecule has 0 aliphatic heterocycles. The van der Waals surface area contributed by atoms with E-state index in [0.29, 0.717) is 0 Å². The maximum atomic E-state index is 11.7. The fourth-order valence-corrected chi connectivity index (χ4v) is 1.23. The van der Waals surface area contributed by atoms with E-state index in [9.17, 15) is 18.0 Å².